The molecular weight excluding hydrogens is 523 g/mol. The molecular formula is C17H31O18P. The Kier molecular flexibility index (Phi) is 10.2. The van der Waals surface area contributed by atoms with Gasteiger partial charge in [0.1, 0.15) is 67.1 Å². The summed E-state index contributed by atoms with van der Waals surface area (Å²) in [6.07, 6.45) is -24.6. The monoisotopic (exact) mass is 554 g/mol. The summed E-state index contributed by atoms with van der Waals surface area (Å²) in [5.74, 6) is 0. The van der Waals surface area contributed by atoms with Crippen molar-refractivity contribution in [1.29, 1.82) is 0 Å². The molecule has 0 aliphatic carbocycles. The first-order chi connectivity index (χ1) is 16.8. The Balaban J connectivity index is 1.75. The fraction of sp³-hybridized carbons (Fsp3) is 1.00. The van der Waals surface area contributed by atoms with Crippen molar-refractivity contribution < 1.29 is 88.5 Å². The predicted molar refractivity (Wildman–Crippen MR) is 106 cm³/mol. The highest BCUT2D eigenvalue weighted by Gasteiger charge is 2.52. The zero-order valence-electron chi connectivity index (χ0n) is 18.4. The summed E-state index contributed by atoms with van der Waals surface area (Å²) in [4.78, 5) is 18.0. The minimum absolute atomic E-state index is 0.569. The van der Waals surface area contributed by atoms with Gasteiger partial charge in [0.05, 0.1) is 19.8 Å². The lowest BCUT2D eigenvalue weighted by atomic mass is 9.96. The van der Waals surface area contributed by atoms with Crippen molar-refractivity contribution in [2.24, 2.45) is 0 Å². The van der Waals surface area contributed by atoms with E-state index in [1.807, 2.05) is 0 Å². The quantitative estimate of drug-likeness (QED) is 0.124. The molecule has 0 aromatic heterocycles. The average molecular weight is 554 g/mol. The summed E-state index contributed by atoms with van der Waals surface area (Å²) in [5.41, 5.74) is 0. The molecule has 0 aromatic carbocycles. The summed E-state index contributed by atoms with van der Waals surface area (Å²) in [6, 6.07) is 0. The molecule has 0 amide bonds. The molecule has 0 radical (unpaired) electrons. The van der Waals surface area contributed by atoms with E-state index in [2.05, 4.69) is 4.52 Å². The van der Waals surface area contributed by atoms with Crippen molar-refractivity contribution in [3.05, 3.63) is 0 Å². The van der Waals surface area contributed by atoms with Gasteiger partial charge in [0.25, 0.3) is 0 Å². The van der Waals surface area contributed by atoms with Crippen molar-refractivity contribution >= 4 is 7.82 Å². The number of ether oxygens (including phenoxy) is 5. The molecule has 14 atom stereocenters. The molecule has 0 aromatic rings. The molecule has 3 saturated heterocycles. The fourth-order valence-corrected chi connectivity index (χ4v) is 4.54. The highest BCUT2D eigenvalue weighted by molar-refractivity contribution is 7.46. The van der Waals surface area contributed by atoms with Gasteiger partial charge in [-0.3, -0.25) is 4.52 Å². The molecule has 3 rings (SSSR count). The first kappa shape index (κ1) is 30.1. The molecule has 11 N–H and O–H groups in total. The summed E-state index contributed by atoms with van der Waals surface area (Å²) >= 11 is 0. The van der Waals surface area contributed by atoms with Crippen molar-refractivity contribution in [3.63, 3.8) is 0 Å². The Labute approximate surface area is 203 Å². The minimum atomic E-state index is -5.18. The predicted octanol–water partition coefficient (Wildman–Crippen LogP) is -6.82. The second-order valence-corrected chi connectivity index (χ2v) is 9.65. The number of aliphatic hydroxyl groups excluding tert-OH is 9. The van der Waals surface area contributed by atoms with Crippen LogP contribution in [0.4, 0.5) is 0 Å². The van der Waals surface area contributed by atoms with Crippen molar-refractivity contribution in [1.82, 2.24) is 0 Å². The van der Waals surface area contributed by atoms with Crippen LogP contribution >= 0.6 is 7.82 Å². The standard InChI is InChI=1S/C17H31O18P/c18-1-4-7(20)10(23)11(24)16(31-4)34-13-8(21)5(2-19)32-17(12(13)25)33-6-3-30-15(26)14(9(6)22)35-36(27,28)29/h4-26H,1-3H2,(H2,27,28,29)/t4-,5-,6-,7+,8+,9+,10+,11-,12-,13+,14-,15+,16+,17+/m1/s1. The Morgan fingerprint density at radius 2 is 1.25 bits per heavy atom. The van der Waals surface area contributed by atoms with Gasteiger partial charge in [-0.25, -0.2) is 4.57 Å². The second-order valence-electron chi connectivity index (χ2n) is 8.45. The van der Waals surface area contributed by atoms with E-state index >= 15 is 0 Å². The number of phosphoric ester groups is 1. The largest absolute Gasteiger partial charge is 0.470 e. The first-order valence-electron chi connectivity index (χ1n) is 10.7. The van der Waals surface area contributed by atoms with E-state index in [0.29, 0.717) is 0 Å². The summed E-state index contributed by atoms with van der Waals surface area (Å²) in [6.45, 7) is -2.19. The second kappa shape index (κ2) is 12.2. The van der Waals surface area contributed by atoms with Gasteiger partial charge in [0.15, 0.2) is 18.9 Å². The molecule has 3 fully saturated rings. The Morgan fingerprint density at radius 1 is 0.694 bits per heavy atom. The van der Waals surface area contributed by atoms with Gasteiger partial charge in [-0.2, -0.15) is 0 Å². The number of hydrogen-bond donors (Lipinski definition) is 11. The first-order valence-corrected chi connectivity index (χ1v) is 12.3. The zero-order chi connectivity index (χ0) is 26.9. The number of phosphoric acid groups is 1. The molecule has 0 spiro atoms. The molecule has 3 aliphatic rings. The van der Waals surface area contributed by atoms with Crippen molar-refractivity contribution in [2.45, 2.75) is 86.0 Å². The third kappa shape index (κ3) is 6.57. The molecule has 212 valence electrons. The lowest BCUT2D eigenvalue weighted by Gasteiger charge is -2.47. The fourth-order valence-electron chi connectivity index (χ4n) is 3.99. The van der Waals surface area contributed by atoms with Gasteiger partial charge in [-0.05, 0) is 0 Å². The van der Waals surface area contributed by atoms with E-state index in [9.17, 15) is 50.5 Å². The third-order valence-electron chi connectivity index (χ3n) is 5.96. The van der Waals surface area contributed by atoms with Crippen LogP contribution in [0.5, 0.6) is 0 Å². The Hall–Kier alpha value is -0.450. The van der Waals surface area contributed by atoms with Gasteiger partial charge in [-0.1, -0.05) is 0 Å². The van der Waals surface area contributed by atoms with Crippen LogP contribution in [0, 0.1) is 0 Å². The Bertz CT molecular complexity index is 751. The molecule has 19 heteroatoms. The molecule has 18 nitrogen and oxygen atoms in total. The number of rotatable bonds is 8. The van der Waals surface area contributed by atoms with Crippen LogP contribution in [-0.4, -0.2) is 162 Å². The smallest absolute Gasteiger partial charge is 0.394 e. The van der Waals surface area contributed by atoms with E-state index in [1.165, 1.54) is 0 Å². The lowest BCUT2D eigenvalue weighted by molar-refractivity contribution is -0.372. The van der Waals surface area contributed by atoms with Gasteiger partial charge < -0.3 is 79.4 Å². The van der Waals surface area contributed by atoms with Gasteiger partial charge in [0.2, 0.25) is 0 Å². The van der Waals surface area contributed by atoms with Crippen LogP contribution < -0.4 is 0 Å². The van der Waals surface area contributed by atoms with Crippen molar-refractivity contribution in [3.8, 4) is 0 Å². The summed E-state index contributed by atoms with van der Waals surface area (Å²) < 4.78 is 41.7. The van der Waals surface area contributed by atoms with E-state index < -0.39 is 114 Å². The molecule has 0 saturated carbocycles. The summed E-state index contributed by atoms with van der Waals surface area (Å²) in [7, 11) is -5.18. The van der Waals surface area contributed by atoms with Crippen LogP contribution in [0.1, 0.15) is 0 Å². The lowest BCUT2D eigenvalue weighted by Crippen LogP contribution is -2.65. The van der Waals surface area contributed by atoms with Crippen LogP contribution in [-0.2, 0) is 32.8 Å². The van der Waals surface area contributed by atoms with Gasteiger partial charge >= 0.3 is 7.82 Å². The van der Waals surface area contributed by atoms with Crippen LogP contribution in [0.25, 0.3) is 0 Å². The maximum atomic E-state index is 11.1. The van der Waals surface area contributed by atoms with E-state index in [-0.39, 0.29) is 0 Å². The van der Waals surface area contributed by atoms with Gasteiger partial charge in [0, 0.05) is 0 Å². The Morgan fingerprint density at radius 3 is 1.81 bits per heavy atom. The maximum Gasteiger partial charge on any atom is 0.470 e. The highest BCUT2D eigenvalue weighted by atomic mass is 31.2. The van der Waals surface area contributed by atoms with Crippen molar-refractivity contribution in [2.75, 3.05) is 19.8 Å². The summed E-state index contributed by atoms with van der Waals surface area (Å²) in [5, 5.41) is 90.3. The number of hydrogen-bond acceptors (Lipinski definition) is 16. The molecule has 0 bridgehead atoms. The maximum absolute atomic E-state index is 11.1. The molecule has 3 aliphatic heterocycles. The van der Waals surface area contributed by atoms with E-state index in [0.717, 1.165) is 0 Å². The van der Waals surface area contributed by atoms with Crippen LogP contribution in [0.15, 0.2) is 0 Å². The van der Waals surface area contributed by atoms with Crippen LogP contribution in [0.2, 0.25) is 0 Å². The van der Waals surface area contributed by atoms with Crippen LogP contribution in [0.3, 0.4) is 0 Å². The minimum Gasteiger partial charge on any atom is -0.394 e. The topological polar surface area (TPSA) is 295 Å². The van der Waals surface area contributed by atoms with Gasteiger partial charge in [-0.15, -0.1) is 0 Å². The van der Waals surface area contributed by atoms with E-state index in [1.54, 1.807) is 0 Å². The normalized spacial score (nSPS) is 48.6. The van der Waals surface area contributed by atoms with E-state index in [4.69, 9.17) is 33.5 Å². The highest BCUT2D eigenvalue weighted by Crippen LogP contribution is 2.41. The molecule has 36 heavy (non-hydrogen) atoms. The SMILES string of the molecule is O=P(O)(O)O[C@@H]1[C@@H](O)[C@H](O[C@@H]2O[C@H](CO)[C@H](O)[C@H](O[C@@H]3O[C@H](CO)[C@H](O)[C@H](O)[C@H]3O)[C@H]2O)CO[C@@H]1O. The number of aliphatic hydroxyl groups is 9. The average Bonchev–Trinajstić information content (AvgIpc) is 2.82. The third-order valence-corrected chi connectivity index (χ3v) is 6.48. The zero-order valence-corrected chi connectivity index (χ0v) is 19.3. The molecule has 3 heterocycles. The molecule has 0 unspecified atom stereocenters.